The number of aromatic nitrogens is 1. The molecule has 0 bridgehead atoms. The van der Waals surface area contributed by atoms with E-state index < -0.39 is 0 Å². The van der Waals surface area contributed by atoms with Crippen molar-refractivity contribution in [3.63, 3.8) is 0 Å². The Morgan fingerprint density at radius 2 is 2.07 bits per heavy atom. The van der Waals surface area contributed by atoms with E-state index in [-0.39, 0.29) is 18.1 Å². The van der Waals surface area contributed by atoms with Gasteiger partial charge >= 0.3 is 5.97 Å². The maximum atomic E-state index is 12.1. The number of hydrogen-bond donors (Lipinski definition) is 1. The predicted molar refractivity (Wildman–Crippen MR) is 107 cm³/mol. The summed E-state index contributed by atoms with van der Waals surface area (Å²) in [6.45, 7) is 4.04. The van der Waals surface area contributed by atoms with Gasteiger partial charge in [-0.1, -0.05) is 0 Å². The summed E-state index contributed by atoms with van der Waals surface area (Å²) in [5, 5.41) is 1.27. The Kier molecular flexibility index (Phi) is 5.31. The fraction of sp³-hybridized carbons (Fsp3) is 0.500. The zero-order valence-electron chi connectivity index (χ0n) is 16.8. The number of ether oxygens (including phenoxy) is 3. The Bertz CT molecular complexity index is 901. The minimum absolute atomic E-state index is 0.0618. The topological polar surface area (TPSA) is 63.8 Å². The molecule has 2 aromatic rings. The van der Waals surface area contributed by atoms with Gasteiger partial charge < -0.3 is 19.2 Å². The van der Waals surface area contributed by atoms with Gasteiger partial charge in [-0.2, -0.15) is 0 Å². The summed E-state index contributed by atoms with van der Waals surface area (Å²) in [7, 11) is 3.11. The third kappa shape index (κ3) is 3.49. The first-order chi connectivity index (χ1) is 13.6. The van der Waals surface area contributed by atoms with Crippen molar-refractivity contribution in [1.82, 2.24) is 9.88 Å². The number of nitrogens with zero attached hydrogens (tertiary/aromatic N) is 1. The van der Waals surface area contributed by atoms with Crippen LogP contribution in [0.25, 0.3) is 10.9 Å². The number of carbonyl (C=O) groups excluding carboxylic acids is 1. The highest BCUT2D eigenvalue weighted by Crippen LogP contribution is 2.39. The molecule has 0 saturated heterocycles. The molecule has 0 spiro atoms. The third-order valence-corrected chi connectivity index (χ3v) is 5.97. The number of methoxy groups -OCH3 is 2. The summed E-state index contributed by atoms with van der Waals surface area (Å²) in [6, 6.07) is 6.48. The fourth-order valence-corrected chi connectivity index (χ4v) is 4.37. The van der Waals surface area contributed by atoms with Crippen molar-refractivity contribution in [2.75, 3.05) is 27.3 Å². The van der Waals surface area contributed by atoms with E-state index in [1.807, 2.05) is 13.0 Å². The number of esters is 1. The minimum atomic E-state index is -0.309. The Morgan fingerprint density at radius 1 is 1.21 bits per heavy atom. The molecule has 1 aromatic heterocycles. The molecule has 6 nitrogen and oxygen atoms in total. The number of rotatable bonds is 2. The van der Waals surface area contributed by atoms with Crippen molar-refractivity contribution in [3.8, 4) is 5.75 Å². The van der Waals surface area contributed by atoms with Crippen molar-refractivity contribution in [2.45, 2.75) is 44.8 Å². The van der Waals surface area contributed by atoms with Crippen molar-refractivity contribution < 1.29 is 19.0 Å². The molecule has 2 aliphatic heterocycles. The van der Waals surface area contributed by atoms with Crippen LogP contribution in [0.4, 0.5) is 0 Å². The summed E-state index contributed by atoms with van der Waals surface area (Å²) in [4.78, 5) is 18.3. The van der Waals surface area contributed by atoms with Crippen LogP contribution < -0.4 is 4.74 Å². The number of aromatic amines is 1. The van der Waals surface area contributed by atoms with Crippen LogP contribution in [0.15, 0.2) is 30.0 Å². The monoisotopic (exact) mass is 384 g/mol. The van der Waals surface area contributed by atoms with Gasteiger partial charge in [0.25, 0.3) is 0 Å². The maximum Gasteiger partial charge on any atom is 0.336 e. The van der Waals surface area contributed by atoms with Crippen molar-refractivity contribution >= 4 is 16.9 Å². The molecular formula is C22H28N2O4. The van der Waals surface area contributed by atoms with E-state index in [9.17, 15) is 4.79 Å². The second kappa shape index (κ2) is 7.87. The quantitative estimate of drug-likeness (QED) is 0.800. The van der Waals surface area contributed by atoms with Crippen LogP contribution >= 0.6 is 0 Å². The van der Waals surface area contributed by atoms with E-state index in [1.165, 1.54) is 23.8 Å². The summed E-state index contributed by atoms with van der Waals surface area (Å²) in [5.41, 5.74) is 4.38. The van der Waals surface area contributed by atoms with Crippen molar-refractivity contribution in [3.05, 3.63) is 41.3 Å². The highest BCUT2D eigenvalue weighted by Gasteiger charge is 2.31. The van der Waals surface area contributed by atoms with Gasteiger partial charge in [-0.05, 0) is 50.3 Å². The van der Waals surface area contributed by atoms with Crippen LogP contribution in [0, 0.1) is 0 Å². The van der Waals surface area contributed by atoms with E-state index in [0.29, 0.717) is 12.0 Å². The van der Waals surface area contributed by atoms with Gasteiger partial charge in [0.05, 0.1) is 38.2 Å². The van der Waals surface area contributed by atoms with Crippen LogP contribution in [0.1, 0.15) is 43.5 Å². The summed E-state index contributed by atoms with van der Waals surface area (Å²) in [6.07, 6.45) is 5.07. The Labute approximate surface area is 165 Å². The molecule has 2 aliphatic rings. The standard InChI is InChI=1S/C22H28N2O4/c1-14-8-10-24-11-9-18-17-6-5-16(26-2)12-19(17)23-21(18)20(24)7-4-15(13-28-14)22(25)27-3/h5-6,12-14,20,23H,4,7-11H2,1-3H3. The summed E-state index contributed by atoms with van der Waals surface area (Å²) in [5.74, 6) is 0.549. The normalized spacial score (nSPS) is 23.2. The number of H-pyrrole nitrogens is 1. The van der Waals surface area contributed by atoms with E-state index in [4.69, 9.17) is 14.2 Å². The average Bonchev–Trinajstić information content (AvgIpc) is 3.09. The lowest BCUT2D eigenvalue weighted by molar-refractivity contribution is -0.136. The number of benzene rings is 1. The largest absolute Gasteiger partial charge is 0.498 e. The number of nitrogens with one attached hydrogen (secondary N) is 1. The highest BCUT2D eigenvalue weighted by atomic mass is 16.5. The Balaban J connectivity index is 1.70. The van der Waals surface area contributed by atoms with E-state index in [2.05, 4.69) is 22.0 Å². The zero-order chi connectivity index (χ0) is 19.7. The molecule has 3 heterocycles. The van der Waals surface area contributed by atoms with Gasteiger partial charge in [0.1, 0.15) is 5.75 Å². The van der Waals surface area contributed by atoms with Crippen LogP contribution in [-0.4, -0.2) is 49.3 Å². The lowest BCUT2D eigenvalue weighted by atomic mass is 9.92. The van der Waals surface area contributed by atoms with Crippen molar-refractivity contribution in [1.29, 1.82) is 0 Å². The molecule has 0 radical (unpaired) electrons. The zero-order valence-corrected chi connectivity index (χ0v) is 16.8. The highest BCUT2D eigenvalue weighted by molar-refractivity contribution is 5.88. The van der Waals surface area contributed by atoms with Gasteiger partial charge in [-0.25, -0.2) is 4.79 Å². The fourth-order valence-electron chi connectivity index (χ4n) is 4.37. The molecule has 0 saturated carbocycles. The second-order valence-electron chi connectivity index (χ2n) is 7.64. The molecule has 4 rings (SSSR count). The molecule has 150 valence electrons. The molecular weight excluding hydrogens is 356 g/mol. The van der Waals surface area contributed by atoms with Gasteiger partial charge in [-0.3, -0.25) is 4.90 Å². The Morgan fingerprint density at radius 3 is 2.86 bits per heavy atom. The predicted octanol–water partition coefficient (Wildman–Crippen LogP) is 3.72. The molecule has 0 fully saturated rings. The van der Waals surface area contributed by atoms with E-state index >= 15 is 0 Å². The molecule has 0 aliphatic carbocycles. The van der Waals surface area contributed by atoms with Gasteiger partial charge in [0, 0.05) is 35.8 Å². The molecule has 2 atom stereocenters. The maximum absolute atomic E-state index is 12.1. The molecule has 2 unspecified atom stereocenters. The second-order valence-corrected chi connectivity index (χ2v) is 7.64. The van der Waals surface area contributed by atoms with Crippen LogP contribution in [0.5, 0.6) is 5.75 Å². The van der Waals surface area contributed by atoms with E-state index in [0.717, 1.165) is 43.6 Å². The minimum Gasteiger partial charge on any atom is -0.498 e. The average molecular weight is 384 g/mol. The third-order valence-electron chi connectivity index (χ3n) is 5.97. The SMILES string of the molecule is COC(=O)C1=COC(C)CCN2CCc3c([nH]c4cc(OC)ccc34)C2CC1. The lowest BCUT2D eigenvalue weighted by Gasteiger charge is -2.37. The summed E-state index contributed by atoms with van der Waals surface area (Å²) >= 11 is 0. The van der Waals surface area contributed by atoms with E-state index in [1.54, 1.807) is 13.4 Å². The first-order valence-electron chi connectivity index (χ1n) is 9.96. The first kappa shape index (κ1) is 18.9. The van der Waals surface area contributed by atoms with Gasteiger partial charge in [-0.15, -0.1) is 0 Å². The molecule has 1 aromatic carbocycles. The molecule has 1 N–H and O–H groups in total. The van der Waals surface area contributed by atoms with Crippen LogP contribution in [-0.2, 0) is 20.7 Å². The summed E-state index contributed by atoms with van der Waals surface area (Å²) < 4.78 is 16.1. The number of hydrogen-bond acceptors (Lipinski definition) is 5. The first-order valence-corrected chi connectivity index (χ1v) is 9.96. The molecule has 28 heavy (non-hydrogen) atoms. The Hall–Kier alpha value is -2.47. The van der Waals surface area contributed by atoms with Crippen molar-refractivity contribution in [2.24, 2.45) is 0 Å². The van der Waals surface area contributed by atoms with Crippen LogP contribution in [0.2, 0.25) is 0 Å². The number of carbonyl (C=O) groups is 1. The van der Waals surface area contributed by atoms with Gasteiger partial charge in [0.2, 0.25) is 0 Å². The molecule has 6 heteroatoms. The molecule has 0 amide bonds. The van der Waals surface area contributed by atoms with Crippen LogP contribution in [0.3, 0.4) is 0 Å². The number of fused-ring (bicyclic) bond motifs is 5. The van der Waals surface area contributed by atoms with Gasteiger partial charge in [0.15, 0.2) is 0 Å². The smallest absolute Gasteiger partial charge is 0.336 e. The lowest BCUT2D eigenvalue weighted by Crippen LogP contribution is -2.37.